The van der Waals surface area contributed by atoms with Gasteiger partial charge in [0, 0.05) is 5.02 Å². The quantitative estimate of drug-likeness (QED) is 0.883. The summed E-state index contributed by atoms with van der Waals surface area (Å²) in [6.07, 6.45) is -0.653. The average Bonchev–Trinajstić information content (AvgIpc) is 2.46. The average molecular weight is 334 g/mol. The van der Waals surface area contributed by atoms with Gasteiger partial charge in [-0.15, -0.1) is 0 Å². The molecule has 0 spiro atoms. The van der Waals surface area contributed by atoms with Gasteiger partial charge >= 0.3 is 0 Å². The molecule has 0 aliphatic rings. The highest BCUT2D eigenvalue weighted by atomic mass is 35.5. The fraction of sp³-hybridized carbons (Fsp3) is 0.278. The molecule has 2 rings (SSSR count). The third kappa shape index (κ3) is 4.63. The zero-order valence-corrected chi connectivity index (χ0v) is 14.4. The third-order valence-corrected chi connectivity index (χ3v) is 3.53. The molecule has 2 aromatic rings. The van der Waals surface area contributed by atoms with Crippen molar-refractivity contribution in [2.45, 2.75) is 26.9 Å². The second-order valence-corrected chi connectivity index (χ2v) is 5.85. The van der Waals surface area contributed by atoms with Crippen LogP contribution in [0.5, 0.6) is 11.5 Å². The van der Waals surface area contributed by atoms with Crippen molar-refractivity contribution in [3.8, 4) is 11.5 Å². The molecular weight excluding hydrogens is 314 g/mol. The van der Waals surface area contributed by atoms with E-state index in [4.69, 9.17) is 21.1 Å². The zero-order chi connectivity index (χ0) is 17.0. The van der Waals surface area contributed by atoms with E-state index >= 15 is 0 Å². The van der Waals surface area contributed by atoms with Crippen LogP contribution in [0.4, 0.5) is 5.69 Å². The van der Waals surface area contributed by atoms with Crippen LogP contribution in [0.3, 0.4) is 0 Å². The normalized spacial score (nSPS) is 11.7. The topological polar surface area (TPSA) is 47.6 Å². The van der Waals surface area contributed by atoms with Crippen molar-refractivity contribution in [1.29, 1.82) is 0 Å². The predicted octanol–water partition coefficient (Wildman–Crippen LogP) is 4.37. The summed E-state index contributed by atoms with van der Waals surface area (Å²) < 4.78 is 10.9. The first-order chi connectivity index (χ1) is 10.9. The van der Waals surface area contributed by atoms with Gasteiger partial charge < -0.3 is 14.8 Å². The highest BCUT2D eigenvalue weighted by molar-refractivity contribution is 6.31. The lowest BCUT2D eigenvalue weighted by Gasteiger charge is -2.17. The van der Waals surface area contributed by atoms with Crippen LogP contribution in [0.25, 0.3) is 0 Å². The maximum atomic E-state index is 12.3. The van der Waals surface area contributed by atoms with Crippen molar-refractivity contribution < 1.29 is 14.3 Å². The highest BCUT2D eigenvalue weighted by Crippen LogP contribution is 2.28. The maximum absolute atomic E-state index is 12.3. The molecule has 4 nitrogen and oxygen atoms in total. The summed E-state index contributed by atoms with van der Waals surface area (Å²) in [7, 11) is 1.54. The van der Waals surface area contributed by atoms with E-state index in [0.29, 0.717) is 22.2 Å². The van der Waals surface area contributed by atoms with Crippen LogP contribution in [0.15, 0.2) is 36.4 Å². The molecule has 0 aliphatic carbocycles. The van der Waals surface area contributed by atoms with Crippen molar-refractivity contribution in [3.63, 3.8) is 0 Å². The molecule has 122 valence electrons. The SMILES string of the molecule is COc1ccc(Cl)cc1NC(=O)[C@H](C)Oc1cc(C)cc(C)c1. The summed E-state index contributed by atoms with van der Waals surface area (Å²) in [6.45, 7) is 5.67. The number of halogens is 1. The Morgan fingerprint density at radius 1 is 1.13 bits per heavy atom. The molecule has 0 unspecified atom stereocenters. The number of hydrogen-bond acceptors (Lipinski definition) is 3. The van der Waals surface area contributed by atoms with Crippen LogP contribution in [-0.4, -0.2) is 19.1 Å². The summed E-state index contributed by atoms with van der Waals surface area (Å²) in [4.78, 5) is 12.3. The lowest BCUT2D eigenvalue weighted by atomic mass is 10.1. The second kappa shape index (κ2) is 7.38. The molecule has 0 radical (unpaired) electrons. The number of anilines is 1. The summed E-state index contributed by atoms with van der Waals surface area (Å²) in [5.74, 6) is 0.939. The summed E-state index contributed by atoms with van der Waals surface area (Å²) in [5.41, 5.74) is 2.69. The van der Waals surface area contributed by atoms with E-state index < -0.39 is 6.10 Å². The Balaban J connectivity index is 2.09. The molecule has 1 atom stereocenters. The van der Waals surface area contributed by atoms with E-state index in [9.17, 15) is 4.79 Å². The first-order valence-electron chi connectivity index (χ1n) is 7.28. The van der Waals surface area contributed by atoms with Crippen LogP contribution in [-0.2, 0) is 4.79 Å². The largest absolute Gasteiger partial charge is 0.495 e. The summed E-state index contributed by atoms with van der Waals surface area (Å²) in [5, 5.41) is 3.30. The Labute approximate surface area is 141 Å². The predicted molar refractivity (Wildman–Crippen MR) is 92.6 cm³/mol. The van der Waals surface area contributed by atoms with Crippen LogP contribution < -0.4 is 14.8 Å². The van der Waals surface area contributed by atoms with E-state index in [2.05, 4.69) is 11.4 Å². The van der Waals surface area contributed by atoms with E-state index in [1.165, 1.54) is 7.11 Å². The van der Waals surface area contributed by atoms with Gasteiger partial charge in [0.1, 0.15) is 11.5 Å². The number of hydrogen-bond donors (Lipinski definition) is 1. The van der Waals surface area contributed by atoms with Gasteiger partial charge in [-0.2, -0.15) is 0 Å². The number of benzene rings is 2. The number of amides is 1. The van der Waals surface area contributed by atoms with E-state index in [-0.39, 0.29) is 5.91 Å². The first-order valence-corrected chi connectivity index (χ1v) is 7.66. The van der Waals surface area contributed by atoms with Crippen LogP contribution >= 0.6 is 11.6 Å². The van der Waals surface area contributed by atoms with Crippen molar-refractivity contribution in [3.05, 3.63) is 52.5 Å². The molecule has 5 heteroatoms. The van der Waals surface area contributed by atoms with Crippen molar-refractivity contribution in [2.75, 3.05) is 12.4 Å². The van der Waals surface area contributed by atoms with Gasteiger partial charge in [0.05, 0.1) is 12.8 Å². The van der Waals surface area contributed by atoms with E-state index in [1.54, 1.807) is 25.1 Å². The molecular formula is C18H20ClNO3. The van der Waals surface area contributed by atoms with Crippen LogP contribution in [0.1, 0.15) is 18.1 Å². The Hall–Kier alpha value is -2.20. The van der Waals surface area contributed by atoms with Gasteiger partial charge in [0.15, 0.2) is 6.10 Å². The third-order valence-electron chi connectivity index (χ3n) is 3.30. The van der Waals surface area contributed by atoms with Crippen LogP contribution in [0, 0.1) is 13.8 Å². The van der Waals surface area contributed by atoms with Crippen molar-refractivity contribution >= 4 is 23.2 Å². The zero-order valence-electron chi connectivity index (χ0n) is 13.6. The Morgan fingerprint density at radius 3 is 2.39 bits per heavy atom. The maximum Gasteiger partial charge on any atom is 0.265 e. The lowest BCUT2D eigenvalue weighted by Crippen LogP contribution is -2.30. The molecule has 0 fully saturated rings. The van der Waals surface area contributed by atoms with Crippen molar-refractivity contribution in [1.82, 2.24) is 0 Å². The fourth-order valence-electron chi connectivity index (χ4n) is 2.27. The second-order valence-electron chi connectivity index (χ2n) is 5.42. The van der Waals surface area contributed by atoms with Gasteiger partial charge in [0.25, 0.3) is 5.91 Å². The number of carbonyl (C=O) groups excluding carboxylic acids is 1. The molecule has 0 bridgehead atoms. The Morgan fingerprint density at radius 2 is 1.78 bits per heavy atom. The van der Waals surface area contributed by atoms with Crippen molar-refractivity contribution in [2.24, 2.45) is 0 Å². The minimum atomic E-state index is -0.653. The molecule has 0 aliphatic heterocycles. The molecule has 0 saturated heterocycles. The number of nitrogens with one attached hydrogen (secondary N) is 1. The number of aryl methyl sites for hydroxylation is 2. The molecule has 2 aromatic carbocycles. The number of methoxy groups -OCH3 is 1. The van der Waals surface area contributed by atoms with E-state index in [0.717, 1.165) is 11.1 Å². The Kier molecular flexibility index (Phi) is 5.50. The Bertz CT molecular complexity index is 695. The number of ether oxygens (including phenoxy) is 2. The molecule has 0 aromatic heterocycles. The van der Waals surface area contributed by atoms with Crippen LogP contribution in [0.2, 0.25) is 5.02 Å². The number of carbonyl (C=O) groups is 1. The van der Waals surface area contributed by atoms with E-state index in [1.807, 2.05) is 26.0 Å². The van der Waals surface area contributed by atoms with Gasteiger partial charge in [-0.1, -0.05) is 17.7 Å². The molecule has 0 heterocycles. The monoisotopic (exact) mass is 333 g/mol. The first kappa shape index (κ1) is 17.2. The molecule has 0 saturated carbocycles. The molecule has 1 amide bonds. The minimum Gasteiger partial charge on any atom is -0.495 e. The van der Waals surface area contributed by atoms with Gasteiger partial charge in [-0.25, -0.2) is 0 Å². The van der Waals surface area contributed by atoms with Gasteiger partial charge in [0.2, 0.25) is 0 Å². The lowest BCUT2D eigenvalue weighted by molar-refractivity contribution is -0.122. The fourth-order valence-corrected chi connectivity index (χ4v) is 2.44. The highest BCUT2D eigenvalue weighted by Gasteiger charge is 2.17. The molecule has 1 N–H and O–H groups in total. The summed E-state index contributed by atoms with van der Waals surface area (Å²) >= 11 is 5.96. The summed E-state index contributed by atoms with van der Waals surface area (Å²) in [6, 6.07) is 10.9. The van der Waals surface area contributed by atoms with Gasteiger partial charge in [-0.05, 0) is 62.2 Å². The minimum absolute atomic E-state index is 0.273. The smallest absolute Gasteiger partial charge is 0.265 e. The number of rotatable bonds is 5. The standard InChI is InChI=1S/C18H20ClNO3/c1-11-7-12(2)9-15(8-11)23-13(3)18(21)20-16-10-14(19)5-6-17(16)22-4/h5-10,13H,1-4H3,(H,20,21)/t13-/m0/s1. The van der Waals surface area contributed by atoms with Gasteiger partial charge in [-0.3, -0.25) is 4.79 Å². The molecule has 23 heavy (non-hydrogen) atoms.